The SMILES string of the molecule is Cc1cccc(CC(=O)N2CC[C@@](Cc3cccc(-c4cccs4)c3)(C(N)=O)C2)c1. The maximum Gasteiger partial charge on any atom is 0.227 e. The molecule has 1 aliphatic heterocycles. The third kappa shape index (κ3) is 4.31. The molecule has 5 heteroatoms. The van der Waals surface area contributed by atoms with E-state index in [0.717, 1.165) is 22.3 Å². The van der Waals surface area contributed by atoms with Crippen LogP contribution in [0, 0.1) is 12.3 Å². The Kier molecular flexibility index (Phi) is 5.73. The topological polar surface area (TPSA) is 63.4 Å². The average molecular weight is 419 g/mol. The van der Waals surface area contributed by atoms with Gasteiger partial charge in [-0.15, -0.1) is 11.3 Å². The van der Waals surface area contributed by atoms with Gasteiger partial charge in [0.15, 0.2) is 0 Å². The van der Waals surface area contributed by atoms with Crippen molar-refractivity contribution in [2.75, 3.05) is 13.1 Å². The Bertz CT molecular complexity index is 1060. The summed E-state index contributed by atoms with van der Waals surface area (Å²) in [6, 6.07) is 20.4. The smallest absolute Gasteiger partial charge is 0.227 e. The number of thiophene rings is 1. The van der Waals surface area contributed by atoms with Crippen LogP contribution in [0.1, 0.15) is 23.1 Å². The molecular weight excluding hydrogens is 392 g/mol. The monoisotopic (exact) mass is 418 g/mol. The highest BCUT2D eigenvalue weighted by atomic mass is 32.1. The first-order valence-corrected chi connectivity index (χ1v) is 11.1. The van der Waals surface area contributed by atoms with Gasteiger partial charge in [-0.2, -0.15) is 0 Å². The minimum absolute atomic E-state index is 0.0519. The summed E-state index contributed by atoms with van der Waals surface area (Å²) >= 11 is 1.69. The van der Waals surface area contributed by atoms with Gasteiger partial charge in [0, 0.05) is 18.0 Å². The lowest BCUT2D eigenvalue weighted by atomic mass is 9.80. The highest BCUT2D eigenvalue weighted by molar-refractivity contribution is 7.13. The van der Waals surface area contributed by atoms with E-state index >= 15 is 0 Å². The van der Waals surface area contributed by atoms with Crippen LogP contribution in [0.15, 0.2) is 66.0 Å². The molecule has 1 saturated heterocycles. The molecule has 1 aliphatic rings. The van der Waals surface area contributed by atoms with Crippen LogP contribution < -0.4 is 5.73 Å². The number of carbonyl (C=O) groups excluding carboxylic acids is 2. The van der Waals surface area contributed by atoms with Gasteiger partial charge in [0.1, 0.15) is 0 Å². The van der Waals surface area contributed by atoms with Gasteiger partial charge in [0.2, 0.25) is 11.8 Å². The molecule has 154 valence electrons. The fourth-order valence-electron chi connectivity index (χ4n) is 4.29. The molecule has 0 aliphatic carbocycles. The van der Waals surface area contributed by atoms with Crippen LogP contribution in [0.4, 0.5) is 0 Å². The largest absolute Gasteiger partial charge is 0.369 e. The molecule has 2 N–H and O–H groups in total. The first-order valence-electron chi connectivity index (χ1n) is 10.2. The molecule has 3 aromatic rings. The van der Waals surface area contributed by atoms with Crippen molar-refractivity contribution in [3.63, 3.8) is 0 Å². The summed E-state index contributed by atoms with van der Waals surface area (Å²) < 4.78 is 0. The van der Waals surface area contributed by atoms with Gasteiger partial charge < -0.3 is 10.6 Å². The summed E-state index contributed by atoms with van der Waals surface area (Å²) in [4.78, 5) is 28.4. The van der Waals surface area contributed by atoms with E-state index < -0.39 is 5.41 Å². The Hall–Kier alpha value is -2.92. The Balaban J connectivity index is 1.50. The second-order valence-electron chi connectivity index (χ2n) is 8.23. The molecule has 1 aromatic heterocycles. The number of amides is 2. The van der Waals surface area contributed by atoms with E-state index in [2.05, 4.69) is 23.6 Å². The van der Waals surface area contributed by atoms with Crippen molar-refractivity contribution in [3.8, 4) is 10.4 Å². The van der Waals surface area contributed by atoms with Crippen molar-refractivity contribution in [1.29, 1.82) is 0 Å². The van der Waals surface area contributed by atoms with Gasteiger partial charge in [-0.1, -0.05) is 60.2 Å². The molecular formula is C25H26N2O2S. The van der Waals surface area contributed by atoms with Crippen LogP contribution >= 0.6 is 11.3 Å². The summed E-state index contributed by atoms with van der Waals surface area (Å²) in [7, 11) is 0. The van der Waals surface area contributed by atoms with E-state index in [0.29, 0.717) is 32.4 Å². The van der Waals surface area contributed by atoms with E-state index in [1.807, 2.05) is 49.4 Å². The molecule has 2 aromatic carbocycles. The zero-order chi connectivity index (χ0) is 21.1. The number of rotatable bonds is 6. The van der Waals surface area contributed by atoms with Gasteiger partial charge >= 0.3 is 0 Å². The fraction of sp³-hybridized carbons (Fsp3) is 0.280. The number of carbonyl (C=O) groups is 2. The molecule has 0 radical (unpaired) electrons. The molecule has 0 spiro atoms. The number of nitrogens with zero attached hydrogens (tertiary/aromatic N) is 1. The molecule has 2 heterocycles. The van der Waals surface area contributed by atoms with Crippen LogP contribution in [0.3, 0.4) is 0 Å². The van der Waals surface area contributed by atoms with Crippen molar-refractivity contribution in [2.45, 2.75) is 26.2 Å². The van der Waals surface area contributed by atoms with Gasteiger partial charge in [-0.3, -0.25) is 9.59 Å². The quantitative estimate of drug-likeness (QED) is 0.652. The predicted octanol–water partition coefficient (Wildman–Crippen LogP) is 4.21. The molecule has 1 atom stereocenters. The van der Waals surface area contributed by atoms with E-state index in [1.165, 1.54) is 4.88 Å². The second-order valence-corrected chi connectivity index (χ2v) is 9.18. The van der Waals surface area contributed by atoms with Crippen LogP contribution in [0.25, 0.3) is 10.4 Å². The Morgan fingerprint density at radius 1 is 1.07 bits per heavy atom. The van der Waals surface area contributed by atoms with E-state index in [4.69, 9.17) is 5.73 Å². The molecule has 0 unspecified atom stereocenters. The normalized spacial score (nSPS) is 18.5. The number of benzene rings is 2. The van der Waals surface area contributed by atoms with Crippen molar-refractivity contribution in [1.82, 2.24) is 4.90 Å². The number of primary amides is 1. The fourth-order valence-corrected chi connectivity index (χ4v) is 5.02. The molecule has 30 heavy (non-hydrogen) atoms. The lowest BCUT2D eigenvalue weighted by Crippen LogP contribution is -2.42. The van der Waals surface area contributed by atoms with Crippen LogP contribution in [0.5, 0.6) is 0 Å². The number of likely N-dealkylation sites (tertiary alicyclic amines) is 1. The minimum atomic E-state index is -0.712. The summed E-state index contributed by atoms with van der Waals surface area (Å²) in [5, 5.41) is 2.06. The standard InChI is InChI=1S/C25H26N2O2S/c1-18-5-2-6-19(13-18)15-23(28)27-11-10-25(17-27,24(26)29)16-20-7-3-8-21(14-20)22-9-4-12-30-22/h2-9,12-14H,10-11,15-17H2,1H3,(H2,26,29)/t25-/m0/s1. The van der Waals surface area contributed by atoms with Crippen LogP contribution in [-0.4, -0.2) is 29.8 Å². The average Bonchev–Trinajstić information content (AvgIpc) is 3.39. The summed E-state index contributed by atoms with van der Waals surface area (Å²) in [5.74, 6) is -0.272. The number of nitrogens with two attached hydrogens (primary N) is 1. The number of aryl methyl sites for hydroxylation is 1. The zero-order valence-electron chi connectivity index (χ0n) is 17.1. The highest BCUT2D eigenvalue weighted by Gasteiger charge is 2.44. The third-order valence-corrected chi connectivity index (χ3v) is 6.86. The van der Waals surface area contributed by atoms with Gasteiger partial charge in [-0.25, -0.2) is 0 Å². The number of hydrogen-bond acceptors (Lipinski definition) is 3. The van der Waals surface area contributed by atoms with Crippen molar-refractivity contribution >= 4 is 23.2 Å². The first-order chi connectivity index (χ1) is 14.4. The van der Waals surface area contributed by atoms with Crippen LogP contribution in [0.2, 0.25) is 0 Å². The summed E-state index contributed by atoms with van der Waals surface area (Å²) in [6.45, 7) is 2.97. The molecule has 0 saturated carbocycles. The maximum absolute atomic E-state index is 12.9. The van der Waals surface area contributed by atoms with Gasteiger partial charge in [0.25, 0.3) is 0 Å². The third-order valence-electron chi connectivity index (χ3n) is 5.94. The lowest BCUT2D eigenvalue weighted by molar-refractivity contribution is -0.131. The van der Waals surface area contributed by atoms with E-state index in [-0.39, 0.29) is 11.8 Å². The lowest BCUT2D eigenvalue weighted by Gasteiger charge is -2.26. The van der Waals surface area contributed by atoms with Gasteiger partial charge in [0.05, 0.1) is 11.8 Å². The van der Waals surface area contributed by atoms with E-state index in [9.17, 15) is 9.59 Å². The Morgan fingerprint density at radius 2 is 1.87 bits per heavy atom. The molecule has 4 nitrogen and oxygen atoms in total. The second kappa shape index (κ2) is 8.44. The number of hydrogen-bond donors (Lipinski definition) is 1. The van der Waals surface area contributed by atoms with Crippen molar-refractivity contribution in [3.05, 3.63) is 82.7 Å². The minimum Gasteiger partial charge on any atom is -0.369 e. The molecule has 2 amide bonds. The molecule has 0 bridgehead atoms. The van der Waals surface area contributed by atoms with Crippen molar-refractivity contribution in [2.24, 2.45) is 11.1 Å². The maximum atomic E-state index is 12.9. The van der Waals surface area contributed by atoms with Crippen LogP contribution in [-0.2, 0) is 22.4 Å². The Morgan fingerprint density at radius 3 is 2.60 bits per heavy atom. The summed E-state index contributed by atoms with van der Waals surface area (Å²) in [6.07, 6.45) is 1.51. The Labute approximate surface area is 181 Å². The molecule has 1 fully saturated rings. The highest BCUT2D eigenvalue weighted by Crippen LogP contribution is 2.36. The summed E-state index contributed by atoms with van der Waals surface area (Å²) in [5.41, 5.74) is 9.52. The van der Waals surface area contributed by atoms with Crippen molar-refractivity contribution < 1.29 is 9.59 Å². The van der Waals surface area contributed by atoms with E-state index in [1.54, 1.807) is 16.2 Å². The predicted molar refractivity (Wildman–Crippen MR) is 121 cm³/mol. The van der Waals surface area contributed by atoms with Gasteiger partial charge in [-0.05, 0) is 47.9 Å². The molecule has 4 rings (SSSR count). The zero-order valence-corrected chi connectivity index (χ0v) is 18.0. The first kappa shape index (κ1) is 20.4.